The molecule has 114 valence electrons. The number of halogens is 1. The molecule has 2 heterocycles. The van der Waals surface area contributed by atoms with Crippen LogP contribution in [0.1, 0.15) is 6.42 Å². The smallest absolute Gasteiger partial charge is 0.321 e. The zero-order valence-corrected chi connectivity index (χ0v) is 12.0. The summed E-state index contributed by atoms with van der Waals surface area (Å²) in [5, 5.41) is 6.10. The van der Waals surface area contributed by atoms with E-state index in [0.717, 1.165) is 45.7 Å². The fraction of sp³-hybridized carbons (Fsp3) is 0.533. The number of piperazine rings is 1. The molecule has 0 saturated carbocycles. The SMILES string of the molecule is O=C(Nc1cccc(F)c1)N1CCC(N2CCNCC2)C1. The predicted octanol–water partition coefficient (Wildman–Crippen LogP) is 1.34. The summed E-state index contributed by atoms with van der Waals surface area (Å²) in [6.45, 7) is 5.64. The monoisotopic (exact) mass is 292 g/mol. The average molecular weight is 292 g/mol. The van der Waals surface area contributed by atoms with Crippen molar-refractivity contribution in [1.82, 2.24) is 15.1 Å². The van der Waals surface area contributed by atoms with Crippen LogP contribution in [0.3, 0.4) is 0 Å². The van der Waals surface area contributed by atoms with E-state index >= 15 is 0 Å². The van der Waals surface area contributed by atoms with Crippen molar-refractivity contribution in [2.24, 2.45) is 0 Å². The van der Waals surface area contributed by atoms with Crippen LogP contribution < -0.4 is 10.6 Å². The molecule has 1 unspecified atom stereocenters. The third kappa shape index (κ3) is 3.51. The summed E-state index contributed by atoms with van der Waals surface area (Å²) in [7, 11) is 0. The van der Waals surface area contributed by atoms with Gasteiger partial charge in [0, 0.05) is 51.0 Å². The Balaban J connectivity index is 1.54. The van der Waals surface area contributed by atoms with Crippen molar-refractivity contribution in [1.29, 1.82) is 0 Å². The number of anilines is 1. The van der Waals surface area contributed by atoms with Crippen LogP contribution in [0.25, 0.3) is 0 Å². The van der Waals surface area contributed by atoms with Crippen molar-refractivity contribution in [3.63, 3.8) is 0 Å². The number of benzene rings is 1. The van der Waals surface area contributed by atoms with Gasteiger partial charge in [-0.2, -0.15) is 0 Å². The fourth-order valence-corrected chi connectivity index (χ4v) is 3.04. The van der Waals surface area contributed by atoms with Crippen molar-refractivity contribution in [3.05, 3.63) is 30.1 Å². The first-order valence-electron chi connectivity index (χ1n) is 7.48. The number of amides is 2. The summed E-state index contributed by atoms with van der Waals surface area (Å²) in [5.74, 6) is -0.340. The van der Waals surface area contributed by atoms with Crippen LogP contribution >= 0.6 is 0 Å². The van der Waals surface area contributed by atoms with E-state index in [4.69, 9.17) is 0 Å². The Labute approximate surface area is 124 Å². The molecule has 3 rings (SSSR count). The summed E-state index contributed by atoms with van der Waals surface area (Å²) in [6, 6.07) is 6.31. The number of nitrogens with one attached hydrogen (secondary N) is 2. The molecule has 0 aliphatic carbocycles. The topological polar surface area (TPSA) is 47.6 Å². The molecule has 1 aromatic carbocycles. The molecule has 2 aliphatic rings. The minimum absolute atomic E-state index is 0.141. The maximum Gasteiger partial charge on any atom is 0.321 e. The van der Waals surface area contributed by atoms with E-state index in [9.17, 15) is 9.18 Å². The second-order valence-corrected chi connectivity index (χ2v) is 5.61. The van der Waals surface area contributed by atoms with Gasteiger partial charge < -0.3 is 15.5 Å². The summed E-state index contributed by atoms with van der Waals surface area (Å²) in [6.07, 6.45) is 1.01. The molecule has 2 amide bonds. The van der Waals surface area contributed by atoms with E-state index < -0.39 is 0 Å². The van der Waals surface area contributed by atoms with E-state index in [1.807, 2.05) is 4.90 Å². The molecular weight excluding hydrogens is 271 g/mol. The maximum atomic E-state index is 13.1. The van der Waals surface area contributed by atoms with Crippen molar-refractivity contribution in [2.45, 2.75) is 12.5 Å². The van der Waals surface area contributed by atoms with E-state index in [1.165, 1.54) is 12.1 Å². The van der Waals surface area contributed by atoms with Crippen LogP contribution in [0.4, 0.5) is 14.9 Å². The van der Waals surface area contributed by atoms with Gasteiger partial charge in [0.2, 0.25) is 0 Å². The van der Waals surface area contributed by atoms with Crippen molar-refractivity contribution < 1.29 is 9.18 Å². The average Bonchev–Trinajstić information content (AvgIpc) is 2.98. The van der Waals surface area contributed by atoms with Gasteiger partial charge in [0.15, 0.2) is 0 Å². The molecule has 0 spiro atoms. The molecule has 21 heavy (non-hydrogen) atoms. The first kappa shape index (κ1) is 14.3. The maximum absolute atomic E-state index is 13.1. The van der Waals surface area contributed by atoms with Gasteiger partial charge in [0.1, 0.15) is 5.82 Å². The van der Waals surface area contributed by atoms with Crippen LogP contribution in [0.5, 0.6) is 0 Å². The molecule has 1 atom stereocenters. The molecule has 2 saturated heterocycles. The Bertz CT molecular complexity index is 504. The van der Waals surface area contributed by atoms with Crippen molar-refractivity contribution in [3.8, 4) is 0 Å². The third-order valence-electron chi connectivity index (χ3n) is 4.19. The van der Waals surface area contributed by atoms with E-state index in [2.05, 4.69) is 15.5 Å². The van der Waals surface area contributed by atoms with Crippen LogP contribution in [-0.2, 0) is 0 Å². The number of hydrogen-bond donors (Lipinski definition) is 2. The van der Waals surface area contributed by atoms with Crippen molar-refractivity contribution in [2.75, 3.05) is 44.6 Å². The van der Waals surface area contributed by atoms with E-state index in [1.54, 1.807) is 12.1 Å². The van der Waals surface area contributed by atoms with Gasteiger partial charge in [-0.3, -0.25) is 4.90 Å². The molecule has 0 aromatic heterocycles. The Morgan fingerprint density at radius 3 is 2.86 bits per heavy atom. The summed E-state index contributed by atoms with van der Waals surface area (Å²) >= 11 is 0. The predicted molar refractivity (Wildman–Crippen MR) is 79.8 cm³/mol. The lowest BCUT2D eigenvalue weighted by atomic mass is 10.2. The van der Waals surface area contributed by atoms with Crippen LogP contribution in [0, 0.1) is 5.82 Å². The minimum Gasteiger partial charge on any atom is -0.323 e. The first-order valence-corrected chi connectivity index (χ1v) is 7.48. The third-order valence-corrected chi connectivity index (χ3v) is 4.19. The number of carbonyl (C=O) groups excluding carboxylic acids is 1. The number of rotatable bonds is 2. The largest absolute Gasteiger partial charge is 0.323 e. The minimum atomic E-state index is -0.340. The zero-order valence-electron chi connectivity index (χ0n) is 12.0. The highest BCUT2D eigenvalue weighted by Crippen LogP contribution is 2.18. The van der Waals surface area contributed by atoms with E-state index in [0.29, 0.717) is 11.7 Å². The van der Waals surface area contributed by atoms with Gasteiger partial charge in [-0.15, -0.1) is 0 Å². The molecule has 1 aromatic rings. The standard InChI is InChI=1S/C15H21FN4O/c16-12-2-1-3-13(10-12)18-15(21)20-7-4-14(11-20)19-8-5-17-6-9-19/h1-3,10,14,17H,4-9,11H2,(H,18,21). The van der Waals surface area contributed by atoms with Crippen LogP contribution in [-0.4, -0.2) is 61.1 Å². The Morgan fingerprint density at radius 1 is 1.29 bits per heavy atom. The quantitative estimate of drug-likeness (QED) is 0.865. The molecule has 2 aliphatic heterocycles. The number of hydrogen-bond acceptors (Lipinski definition) is 3. The summed E-state index contributed by atoms with van der Waals surface area (Å²) < 4.78 is 13.1. The van der Waals surface area contributed by atoms with Gasteiger partial charge >= 0.3 is 6.03 Å². The van der Waals surface area contributed by atoms with Gasteiger partial charge in [-0.1, -0.05) is 6.07 Å². The number of likely N-dealkylation sites (tertiary alicyclic amines) is 1. The summed E-state index contributed by atoms with van der Waals surface area (Å²) in [5.41, 5.74) is 0.505. The van der Waals surface area contributed by atoms with Crippen LogP contribution in [0.15, 0.2) is 24.3 Å². The van der Waals surface area contributed by atoms with Crippen molar-refractivity contribution >= 4 is 11.7 Å². The lowest BCUT2D eigenvalue weighted by molar-refractivity contribution is 0.172. The lowest BCUT2D eigenvalue weighted by Gasteiger charge is -2.32. The fourth-order valence-electron chi connectivity index (χ4n) is 3.04. The highest BCUT2D eigenvalue weighted by atomic mass is 19.1. The van der Waals surface area contributed by atoms with Gasteiger partial charge in [-0.05, 0) is 24.6 Å². The second-order valence-electron chi connectivity index (χ2n) is 5.61. The number of urea groups is 1. The molecule has 0 radical (unpaired) electrons. The number of carbonyl (C=O) groups is 1. The Hall–Kier alpha value is -1.66. The van der Waals surface area contributed by atoms with Gasteiger partial charge in [0.25, 0.3) is 0 Å². The Morgan fingerprint density at radius 2 is 2.10 bits per heavy atom. The Kier molecular flexibility index (Phi) is 4.36. The first-order chi connectivity index (χ1) is 10.2. The highest BCUT2D eigenvalue weighted by molar-refractivity contribution is 5.89. The molecule has 2 N–H and O–H groups in total. The molecule has 5 nitrogen and oxygen atoms in total. The van der Waals surface area contributed by atoms with Gasteiger partial charge in [0.05, 0.1) is 0 Å². The molecule has 0 bridgehead atoms. The van der Waals surface area contributed by atoms with Crippen LogP contribution in [0.2, 0.25) is 0 Å². The second kappa shape index (κ2) is 6.41. The molecular formula is C15H21FN4O. The lowest BCUT2D eigenvalue weighted by Crippen LogP contribution is -2.49. The highest BCUT2D eigenvalue weighted by Gasteiger charge is 2.30. The molecule has 2 fully saturated rings. The van der Waals surface area contributed by atoms with Gasteiger partial charge in [-0.25, -0.2) is 9.18 Å². The number of nitrogens with zero attached hydrogens (tertiary/aromatic N) is 2. The van der Waals surface area contributed by atoms with E-state index in [-0.39, 0.29) is 11.8 Å². The molecule has 6 heteroatoms. The summed E-state index contributed by atoms with van der Waals surface area (Å²) in [4.78, 5) is 16.5. The normalized spacial score (nSPS) is 23.3. The zero-order chi connectivity index (χ0) is 14.7.